The maximum absolute atomic E-state index is 12.6. The normalized spacial score (nSPS) is 35.3. The predicted molar refractivity (Wildman–Crippen MR) is 58.4 cm³/mol. The molecule has 2 heterocycles. The first-order valence-electron chi connectivity index (χ1n) is 5.64. The Morgan fingerprint density at radius 3 is 2.94 bits per heavy atom. The van der Waals surface area contributed by atoms with Crippen LogP contribution in [0.15, 0.2) is 24.1 Å². The van der Waals surface area contributed by atoms with Crippen molar-refractivity contribution in [2.24, 2.45) is 5.92 Å². The molecule has 5 heteroatoms. The first-order valence-corrected chi connectivity index (χ1v) is 5.64. The van der Waals surface area contributed by atoms with Gasteiger partial charge in [-0.3, -0.25) is 4.90 Å². The number of hydrogen-bond acceptors (Lipinski definition) is 2. The maximum Gasteiger partial charge on any atom is 0.266 e. The smallest absolute Gasteiger partial charge is 0.266 e. The maximum atomic E-state index is 12.6. The molecule has 0 aromatic heterocycles. The van der Waals surface area contributed by atoms with Crippen LogP contribution in [0.5, 0.6) is 0 Å². The summed E-state index contributed by atoms with van der Waals surface area (Å²) >= 11 is 0. The second-order valence-corrected chi connectivity index (χ2v) is 4.90. The number of fused-ring (bicyclic) bond motifs is 1. The zero-order chi connectivity index (χ0) is 12.5. The molecule has 0 spiro atoms. The minimum atomic E-state index is -1.63. The number of nitrogens with zero attached hydrogens (tertiary/aromatic N) is 1. The standard InChI is InChI=1S/C12H16F3NO/c1-17-8-12-3-9(2-11(14)15)6-16(12)7-10(4-12)5-13/h2,5,9H,3-4,6-8H2,1H3/b10-5-/t9-,12-/m0/s1. The zero-order valence-corrected chi connectivity index (χ0v) is 9.76. The van der Waals surface area contributed by atoms with Crippen LogP contribution in [0.3, 0.4) is 0 Å². The second-order valence-electron chi connectivity index (χ2n) is 4.90. The molecule has 96 valence electrons. The van der Waals surface area contributed by atoms with Crippen molar-refractivity contribution in [3.63, 3.8) is 0 Å². The van der Waals surface area contributed by atoms with Gasteiger partial charge in [0.25, 0.3) is 6.08 Å². The Bertz CT molecular complexity index is 352. The minimum Gasteiger partial charge on any atom is -0.383 e. The third-order valence-corrected chi connectivity index (χ3v) is 3.65. The van der Waals surface area contributed by atoms with Crippen molar-refractivity contribution >= 4 is 0 Å². The predicted octanol–water partition coefficient (Wildman–Crippen LogP) is 2.73. The molecule has 2 rings (SSSR count). The van der Waals surface area contributed by atoms with E-state index in [1.165, 1.54) is 0 Å². The molecule has 2 fully saturated rings. The average molecular weight is 247 g/mol. The molecule has 0 aromatic rings. The summed E-state index contributed by atoms with van der Waals surface area (Å²) in [4.78, 5) is 2.06. The van der Waals surface area contributed by atoms with Crippen LogP contribution in [0, 0.1) is 5.92 Å². The molecule has 2 aliphatic heterocycles. The number of halogens is 3. The van der Waals surface area contributed by atoms with Crippen molar-refractivity contribution in [3.8, 4) is 0 Å². The van der Waals surface area contributed by atoms with Crippen LogP contribution in [0.25, 0.3) is 0 Å². The van der Waals surface area contributed by atoms with E-state index in [4.69, 9.17) is 4.74 Å². The van der Waals surface area contributed by atoms with Crippen LogP contribution in [0.2, 0.25) is 0 Å². The third kappa shape index (κ3) is 2.40. The topological polar surface area (TPSA) is 12.5 Å². The molecule has 0 unspecified atom stereocenters. The molecule has 17 heavy (non-hydrogen) atoms. The summed E-state index contributed by atoms with van der Waals surface area (Å²) < 4.78 is 42.3. The van der Waals surface area contributed by atoms with Crippen LogP contribution in [-0.2, 0) is 4.74 Å². The molecule has 0 aromatic carbocycles. The molecule has 2 saturated heterocycles. The highest BCUT2D eigenvalue weighted by molar-refractivity contribution is 5.21. The van der Waals surface area contributed by atoms with Crippen molar-refractivity contribution in [2.75, 3.05) is 26.8 Å². The van der Waals surface area contributed by atoms with Crippen LogP contribution in [0.1, 0.15) is 12.8 Å². The summed E-state index contributed by atoms with van der Waals surface area (Å²) in [5, 5.41) is 0. The lowest BCUT2D eigenvalue weighted by Crippen LogP contribution is -2.42. The molecular weight excluding hydrogens is 231 g/mol. The number of ether oxygens (including phenoxy) is 1. The van der Waals surface area contributed by atoms with Crippen LogP contribution in [0.4, 0.5) is 13.2 Å². The van der Waals surface area contributed by atoms with E-state index in [0.29, 0.717) is 38.9 Å². The van der Waals surface area contributed by atoms with Gasteiger partial charge in [0.05, 0.1) is 12.9 Å². The Balaban J connectivity index is 2.15. The Morgan fingerprint density at radius 2 is 2.35 bits per heavy atom. The lowest BCUT2D eigenvalue weighted by molar-refractivity contribution is 0.0655. The number of rotatable bonds is 3. The molecule has 2 aliphatic rings. The van der Waals surface area contributed by atoms with Crippen LogP contribution >= 0.6 is 0 Å². The zero-order valence-electron chi connectivity index (χ0n) is 9.76. The van der Waals surface area contributed by atoms with Crippen LogP contribution < -0.4 is 0 Å². The summed E-state index contributed by atoms with van der Waals surface area (Å²) in [5.41, 5.74) is 0.439. The highest BCUT2D eigenvalue weighted by Crippen LogP contribution is 2.44. The van der Waals surface area contributed by atoms with Gasteiger partial charge in [-0.2, -0.15) is 8.78 Å². The van der Waals surface area contributed by atoms with Gasteiger partial charge in [0.2, 0.25) is 0 Å². The molecule has 0 aliphatic carbocycles. The van der Waals surface area contributed by atoms with E-state index in [9.17, 15) is 13.2 Å². The van der Waals surface area contributed by atoms with Crippen molar-refractivity contribution in [2.45, 2.75) is 18.4 Å². The van der Waals surface area contributed by atoms with Gasteiger partial charge in [0.15, 0.2) is 0 Å². The first kappa shape index (κ1) is 12.6. The van der Waals surface area contributed by atoms with Gasteiger partial charge in [-0.1, -0.05) is 0 Å². The summed E-state index contributed by atoms with van der Waals surface area (Å²) in [6, 6.07) is 0. The Kier molecular flexibility index (Phi) is 3.58. The molecule has 0 N–H and O–H groups in total. The second kappa shape index (κ2) is 4.82. The van der Waals surface area contributed by atoms with Crippen molar-refractivity contribution < 1.29 is 17.9 Å². The molecule has 2 nitrogen and oxygen atoms in total. The first-order chi connectivity index (χ1) is 8.09. The van der Waals surface area contributed by atoms with Gasteiger partial charge in [-0.25, -0.2) is 4.39 Å². The molecule has 0 saturated carbocycles. The molecule has 0 bridgehead atoms. The van der Waals surface area contributed by atoms with E-state index >= 15 is 0 Å². The highest BCUT2D eigenvalue weighted by Gasteiger charge is 2.49. The van der Waals surface area contributed by atoms with Gasteiger partial charge in [0, 0.05) is 25.7 Å². The van der Waals surface area contributed by atoms with Gasteiger partial charge >= 0.3 is 0 Å². The quantitative estimate of drug-likeness (QED) is 0.760. The average Bonchev–Trinajstić information content (AvgIpc) is 2.70. The van der Waals surface area contributed by atoms with E-state index in [1.807, 2.05) is 0 Å². The third-order valence-electron chi connectivity index (χ3n) is 3.65. The van der Waals surface area contributed by atoms with E-state index in [1.54, 1.807) is 7.11 Å². The van der Waals surface area contributed by atoms with E-state index in [-0.39, 0.29) is 11.5 Å². The van der Waals surface area contributed by atoms with Gasteiger partial charge < -0.3 is 4.74 Å². The summed E-state index contributed by atoms with van der Waals surface area (Å²) in [7, 11) is 1.59. The largest absolute Gasteiger partial charge is 0.383 e. The summed E-state index contributed by atoms with van der Waals surface area (Å²) in [6.07, 6.45) is 1.20. The molecule has 0 radical (unpaired) electrons. The number of methoxy groups -OCH3 is 1. The Hall–Kier alpha value is -0.810. The van der Waals surface area contributed by atoms with E-state index in [2.05, 4.69) is 4.90 Å². The molecule has 0 amide bonds. The fourth-order valence-electron chi connectivity index (χ4n) is 3.13. The van der Waals surface area contributed by atoms with Crippen LogP contribution in [-0.4, -0.2) is 37.2 Å². The van der Waals surface area contributed by atoms with Crippen molar-refractivity contribution in [3.05, 3.63) is 24.1 Å². The molecular formula is C12H16F3NO. The fourth-order valence-corrected chi connectivity index (χ4v) is 3.13. The fraction of sp³-hybridized carbons (Fsp3) is 0.667. The highest BCUT2D eigenvalue weighted by atomic mass is 19.3. The van der Waals surface area contributed by atoms with E-state index in [0.717, 1.165) is 11.6 Å². The minimum absolute atomic E-state index is 0.156. The SMILES string of the molecule is COC[C@]12C/C(=C/F)CN1C[C@@H](C=C(F)F)C2. The van der Waals surface area contributed by atoms with Crippen molar-refractivity contribution in [1.82, 2.24) is 4.90 Å². The summed E-state index contributed by atoms with van der Waals surface area (Å²) in [6.45, 7) is 1.54. The lowest BCUT2D eigenvalue weighted by Gasteiger charge is -2.30. The number of hydrogen-bond donors (Lipinski definition) is 0. The van der Waals surface area contributed by atoms with Gasteiger partial charge in [0.1, 0.15) is 0 Å². The Morgan fingerprint density at radius 1 is 1.59 bits per heavy atom. The van der Waals surface area contributed by atoms with Gasteiger partial charge in [-0.15, -0.1) is 0 Å². The Labute approximate surface area is 98.7 Å². The van der Waals surface area contributed by atoms with Gasteiger partial charge in [-0.05, 0) is 30.4 Å². The lowest BCUT2D eigenvalue weighted by atomic mass is 9.89. The van der Waals surface area contributed by atoms with E-state index < -0.39 is 6.08 Å². The summed E-state index contributed by atoms with van der Waals surface area (Å²) in [5.74, 6) is -0.156. The molecule has 2 atom stereocenters. The van der Waals surface area contributed by atoms with Crippen molar-refractivity contribution in [1.29, 1.82) is 0 Å². The monoisotopic (exact) mass is 247 g/mol.